The standard InChI is InChI=1S/C28H29ClFN3O6S/c1-27(2,3)39-26(37)32-19-14-40-21-11-18(30)17(23-31-12-22(38-23)28(4,5)25(35)36)10-20(21)33(24(19)34)13-15-6-8-16(29)9-7-15/h6-12,19H,13-14H2,1-5H3,(H,32,37)(H,35,36)/t19-/m0/s1. The molecule has 1 aromatic heterocycles. The Labute approximate surface area is 240 Å². The van der Waals surface area contributed by atoms with Crippen molar-refractivity contribution in [3.63, 3.8) is 0 Å². The Morgan fingerprint density at radius 1 is 1.23 bits per heavy atom. The van der Waals surface area contributed by atoms with Crippen LogP contribution < -0.4 is 10.2 Å². The Balaban J connectivity index is 1.75. The Bertz CT molecular complexity index is 1450. The number of benzene rings is 2. The zero-order valence-electron chi connectivity index (χ0n) is 22.6. The first kappa shape index (κ1) is 29.4. The van der Waals surface area contributed by atoms with E-state index in [2.05, 4.69) is 10.3 Å². The van der Waals surface area contributed by atoms with Gasteiger partial charge in [0.15, 0.2) is 0 Å². The summed E-state index contributed by atoms with van der Waals surface area (Å²) < 4.78 is 26.4. The van der Waals surface area contributed by atoms with Gasteiger partial charge < -0.3 is 24.5 Å². The van der Waals surface area contributed by atoms with E-state index in [-0.39, 0.29) is 29.5 Å². The van der Waals surface area contributed by atoms with E-state index < -0.39 is 40.8 Å². The molecule has 0 radical (unpaired) electrons. The molecular weight excluding hydrogens is 561 g/mol. The van der Waals surface area contributed by atoms with Gasteiger partial charge in [-0.25, -0.2) is 14.2 Å². The zero-order chi connectivity index (χ0) is 29.4. The maximum Gasteiger partial charge on any atom is 0.408 e. The molecule has 0 unspecified atom stereocenters. The summed E-state index contributed by atoms with van der Waals surface area (Å²) in [5, 5.41) is 12.7. The molecule has 2 N–H and O–H groups in total. The van der Waals surface area contributed by atoms with E-state index in [0.717, 1.165) is 5.56 Å². The fourth-order valence-corrected chi connectivity index (χ4v) is 5.07. The molecule has 1 aliphatic rings. The number of carboxylic acids is 1. The van der Waals surface area contributed by atoms with Crippen LogP contribution in [0.4, 0.5) is 14.9 Å². The number of carbonyl (C=O) groups is 3. The minimum Gasteiger partial charge on any atom is -0.481 e. The molecule has 2 amide bonds. The third kappa shape index (κ3) is 6.42. The summed E-state index contributed by atoms with van der Waals surface area (Å²) in [5.41, 5.74) is -1.06. The Morgan fingerprint density at radius 2 is 1.90 bits per heavy atom. The number of aliphatic carboxylic acids is 1. The van der Waals surface area contributed by atoms with Crippen molar-refractivity contribution >= 4 is 47.0 Å². The van der Waals surface area contributed by atoms with Gasteiger partial charge >= 0.3 is 12.1 Å². The molecular formula is C28H29ClFN3O6S. The number of rotatable bonds is 6. The van der Waals surface area contributed by atoms with Crippen molar-refractivity contribution in [2.24, 2.45) is 0 Å². The summed E-state index contributed by atoms with van der Waals surface area (Å²) in [6.07, 6.45) is 0.505. The maximum atomic E-state index is 15.4. The lowest BCUT2D eigenvalue weighted by Gasteiger charge is -2.27. The maximum absolute atomic E-state index is 15.4. The van der Waals surface area contributed by atoms with Gasteiger partial charge in [0, 0.05) is 15.7 Å². The first-order valence-electron chi connectivity index (χ1n) is 12.4. The van der Waals surface area contributed by atoms with Gasteiger partial charge in [-0.1, -0.05) is 23.7 Å². The lowest BCUT2D eigenvalue weighted by atomic mass is 9.91. The van der Waals surface area contributed by atoms with E-state index in [4.69, 9.17) is 20.8 Å². The van der Waals surface area contributed by atoms with Gasteiger partial charge in [-0.3, -0.25) is 9.59 Å². The van der Waals surface area contributed by atoms with Crippen LogP contribution in [0.2, 0.25) is 5.02 Å². The van der Waals surface area contributed by atoms with Crippen molar-refractivity contribution in [1.82, 2.24) is 10.3 Å². The van der Waals surface area contributed by atoms with Crippen molar-refractivity contribution in [2.75, 3.05) is 10.7 Å². The number of thioether (sulfide) groups is 1. The average molecular weight is 590 g/mol. The summed E-state index contributed by atoms with van der Waals surface area (Å²) in [4.78, 5) is 44.1. The van der Waals surface area contributed by atoms with Crippen LogP contribution in [0.15, 0.2) is 51.9 Å². The number of anilines is 1. The molecule has 212 valence electrons. The average Bonchev–Trinajstić information content (AvgIpc) is 3.32. The lowest BCUT2D eigenvalue weighted by Crippen LogP contribution is -2.50. The number of oxazole rings is 1. The molecule has 40 heavy (non-hydrogen) atoms. The number of ether oxygens (including phenoxy) is 1. The van der Waals surface area contributed by atoms with E-state index in [1.807, 2.05) is 0 Å². The summed E-state index contributed by atoms with van der Waals surface area (Å²) >= 11 is 7.25. The van der Waals surface area contributed by atoms with E-state index in [0.29, 0.717) is 15.6 Å². The minimum absolute atomic E-state index is 0.0424. The highest BCUT2D eigenvalue weighted by Gasteiger charge is 2.36. The first-order chi connectivity index (χ1) is 18.7. The molecule has 0 saturated heterocycles. The van der Waals surface area contributed by atoms with Crippen molar-refractivity contribution in [2.45, 2.75) is 63.1 Å². The van der Waals surface area contributed by atoms with Crippen LogP contribution in [-0.2, 0) is 26.3 Å². The first-order valence-corrected chi connectivity index (χ1v) is 13.7. The molecule has 2 heterocycles. The quantitative estimate of drug-likeness (QED) is 0.357. The molecule has 0 spiro atoms. The zero-order valence-corrected chi connectivity index (χ0v) is 24.2. The van der Waals surface area contributed by atoms with Gasteiger partial charge in [-0.15, -0.1) is 11.8 Å². The summed E-state index contributed by atoms with van der Waals surface area (Å²) in [5.74, 6) is -2.15. The number of nitrogens with zero attached hydrogens (tertiary/aromatic N) is 2. The van der Waals surface area contributed by atoms with Crippen molar-refractivity contribution in [3.05, 3.63) is 64.8 Å². The highest BCUT2D eigenvalue weighted by Crippen LogP contribution is 2.40. The number of carboxylic acid groups (broad SMARTS) is 1. The topological polar surface area (TPSA) is 122 Å². The number of alkyl carbamates (subject to hydrolysis) is 1. The van der Waals surface area contributed by atoms with Crippen LogP contribution in [0, 0.1) is 5.82 Å². The second-order valence-electron chi connectivity index (χ2n) is 10.8. The molecule has 12 heteroatoms. The second-order valence-corrected chi connectivity index (χ2v) is 12.3. The lowest BCUT2D eigenvalue weighted by molar-refractivity contribution is -0.143. The van der Waals surface area contributed by atoms with Crippen molar-refractivity contribution < 1.29 is 33.0 Å². The monoisotopic (exact) mass is 589 g/mol. The Hall–Kier alpha value is -3.57. The molecule has 1 aliphatic heterocycles. The van der Waals surface area contributed by atoms with E-state index in [1.54, 1.807) is 45.0 Å². The smallest absolute Gasteiger partial charge is 0.408 e. The summed E-state index contributed by atoms with van der Waals surface area (Å²) in [7, 11) is 0. The predicted octanol–water partition coefficient (Wildman–Crippen LogP) is 6.03. The highest BCUT2D eigenvalue weighted by molar-refractivity contribution is 7.99. The fraction of sp³-hybridized carbons (Fsp3) is 0.357. The van der Waals surface area contributed by atoms with Crippen molar-refractivity contribution in [3.8, 4) is 11.5 Å². The molecule has 0 saturated carbocycles. The normalized spacial score (nSPS) is 15.8. The van der Waals surface area contributed by atoms with Crippen LogP contribution in [0.5, 0.6) is 0 Å². The largest absolute Gasteiger partial charge is 0.481 e. The van der Waals surface area contributed by atoms with E-state index in [1.165, 1.54) is 48.8 Å². The van der Waals surface area contributed by atoms with Gasteiger partial charge in [-0.05, 0) is 64.4 Å². The van der Waals surface area contributed by atoms with Crippen LogP contribution in [0.3, 0.4) is 0 Å². The third-order valence-electron chi connectivity index (χ3n) is 6.14. The van der Waals surface area contributed by atoms with Gasteiger partial charge in [0.05, 0.1) is 24.0 Å². The van der Waals surface area contributed by atoms with Gasteiger partial charge in [0.2, 0.25) is 5.89 Å². The van der Waals surface area contributed by atoms with Crippen molar-refractivity contribution in [1.29, 1.82) is 0 Å². The molecule has 2 aromatic carbocycles. The summed E-state index contributed by atoms with van der Waals surface area (Å²) in [6, 6.07) is 8.69. The molecule has 0 fully saturated rings. The molecule has 0 aliphatic carbocycles. The van der Waals surface area contributed by atoms with Crippen LogP contribution >= 0.6 is 23.4 Å². The number of hydrogen-bond acceptors (Lipinski definition) is 7. The highest BCUT2D eigenvalue weighted by atomic mass is 35.5. The number of fused-ring (bicyclic) bond motifs is 1. The van der Waals surface area contributed by atoms with Crippen LogP contribution in [-0.4, -0.2) is 45.5 Å². The number of amides is 2. The Morgan fingerprint density at radius 3 is 2.52 bits per heavy atom. The molecule has 9 nitrogen and oxygen atoms in total. The minimum atomic E-state index is -1.39. The van der Waals surface area contributed by atoms with Crippen LogP contribution in [0.25, 0.3) is 11.5 Å². The number of carbonyl (C=O) groups excluding carboxylic acids is 2. The van der Waals surface area contributed by atoms with Gasteiger partial charge in [0.1, 0.15) is 28.6 Å². The van der Waals surface area contributed by atoms with E-state index >= 15 is 4.39 Å². The van der Waals surface area contributed by atoms with Gasteiger partial charge in [-0.2, -0.15) is 0 Å². The number of aromatic nitrogens is 1. The van der Waals surface area contributed by atoms with Crippen LogP contribution in [0.1, 0.15) is 45.9 Å². The third-order valence-corrected chi connectivity index (χ3v) is 7.53. The Kier molecular flexibility index (Phi) is 8.18. The molecule has 3 aromatic rings. The second kappa shape index (κ2) is 11.1. The number of hydrogen-bond donors (Lipinski definition) is 2. The number of nitrogens with one attached hydrogen (secondary N) is 1. The number of halogens is 2. The predicted molar refractivity (Wildman–Crippen MR) is 149 cm³/mol. The molecule has 4 rings (SSSR count). The fourth-order valence-electron chi connectivity index (χ4n) is 3.87. The van der Waals surface area contributed by atoms with Gasteiger partial charge in [0.25, 0.3) is 5.91 Å². The molecule has 0 bridgehead atoms. The SMILES string of the molecule is CC(C)(C)OC(=O)N[C@H]1CSc2cc(F)c(-c3ncc(C(C)(C)C(=O)O)o3)cc2N(Cc2ccc(Cl)cc2)C1=O. The molecule has 1 atom stereocenters. The van der Waals surface area contributed by atoms with E-state index in [9.17, 15) is 19.5 Å². The summed E-state index contributed by atoms with van der Waals surface area (Å²) in [6.45, 7) is 8.16.